The summed E-state index contributed by atoms with van der Waals surface area (Å²) in [5.41, 5.74) is 2.27. The van der Waals surface area contributed by atoms with Crippen LogP contribution in [0.25, 0.3) is 0 Å². The molecule has 0 aliphatic carbocycles. The fraction of sp³-hybridized carbons (Fsp3) is 0.263. The molecule has 2 N–H and O–H groups in total. The number of nitrogens with zero attached hydrogens (tertiary/aromatic N) is 4. The zero-order chi connectivity index (χ0) is 20.1. The summed E-state index contributed by atoms with van der Waals surface area (Å²) in [6.45, 7) is 4.93. The van der Waals surface area contributed by atoms with Gasteiger partial charge in [-0.1, -0.05) is 18.2 Å². The normalized spacial score (nSPS) is 10.7. The van der Waals surface area contributed by atoms with E-state index in [1.807, 2.05) is 32.0 Å². The minimum absolute atomic E-state index is 0.184. The predicted molar refractivity (Wildman–Crippen MR) is 115 cm³/mol. The summed E-state index contributed by atoms with van der Waals surface area (Å²) in [7, 11) is 0. The molecule has 0 spiro atoms. The second-order valence-corrected chi connectivity index (χ2v) is 7.33. The third-order valence-corrected chi connectivity index (χ3v) is 5.26. The van der Waals surface area contributed by atoms with Gasteiger partial charge in [-0.2, -0.15) is 10.2 Å². The van der Waals surface area contributed by atoms with E-state index >= 15 is 0 Å². The number of aryl methyl sites for hydroxylation is 2. The third kappa shape index (κ3) is 4.77. The molecule has 28 heavy (non-hydrogen) atoms. The zero-order valence-electron chi connectivity index (χ0n) is 15.6. The van der Waals surface area contributed by atoms with Gasteiger partial charge in [-0.15, -0.1) is 0 Å². The number of halogens is 1. The molecule has 0 unspecified atom stereocenters. The van der Waals surface area contributed by atoms with Crippen LogP contribution in [0.2, 0.25) is 0 Å². The highest BCUT2D eigenvalue weighted by molar-refractivity contribution is 14.1. The number of nitrogens with one attached hydrogen (secondary N) is 2. The molecule has 2 aromatic heterocycles. The number of carbonyl (C=O) groups excluding carboxylic acids is 2. The predicted octanol–water partition coefficient (Wildman–Crippen LogP) is 3.29. The Balaban J connectivity index is 1.68. The van der Waals surface area contributed by atoms with Crippen molar-refractivity contribution in [1.29, 1.82) is 0 Å². The zero-order valence-corrected chi connectivity index (χ0v) is 17.8. The van der Waals surface area contributed by atoms with Crippen molar-refractivity contribution in [3.63, 3.8) is 0 Å². The lowest BCUT2D eigenvalue weighted by molar-refractivity contribution is -0.116. The number of anilines is 2. The van der Waals surface area contributed by atoms with Gasteiger partial charge < -0.3 is 10.6 Å². The molecule has 9 heteroatoms. The topological polar surface area (TPSA) is 93.8 Å². The number of para-hydroxylation sites is 1. The number of rotatable bonds is 7. The Hall–Kier alpha value is -2.69. The monoisotopic (exact) mass is 492 g/mol. The van der Waals surface area contributed by atoms with E-state index in [0.29, 0.717) is 24.5 Å². The Kier molecular flexibility index (Phi) is 6.45. The molecule has 0 radical (unpaired) electrons. The van der Waals surface area contributed by atoms with Gasteiger partial charge in [0.05, 0.1) is 22.0 Å². The Labute approximate surface area is 176 Å². The average Bonchev–Trinajstić information content (AvgIpc) is 3.24. The fourth-order valence-corrected chi connectivity index (χ4v) is 3.03. The summed E-state index contributed by atoms with van der Waals surface area (Å²) in [4.78, 5) is 25.0. The van der Waals surface area contributed by atoms with Gasteiger partial charge in [0.2, 0.25) is 5.91 Å². The van der Waals surface area contributed by atoms with Gasteiger partial charge in [0.1, 0.15) is 0 Å². The quantitative estimate of drug-likeness (QED) is 0.495. The first-order chi connectivity index (χ1) is 13.5. The number of benzene rings is 1. The molecule has 8 nitrogen and oxygen atoms in total. The first-order valence-corrected chi connectivity index (χ1v) is 9.97. The maximum atomic E-state index is 12.6. The number of hydrogen-bond acceptors (Lipinski definition) is 4. The van der Waals surface area contributed by atoms with Crippen molar-refractivity contribution in [1.82, 2.24) is 19.6 Å². The van der Waals surface area contributed by atoms with Gasteiger partial charge in [-0.05, 0) is 48.6 Å². The molecular formula is C19H21IN6O2. The molecule has 3 rings (SSSR count). The van der Waals surface area contributed by atoms with Crippen molar-refractivity contribution in [3.8, 4) is 0 Å². The highest BCUT2D eigenvalue weighted by Gasteiger charge is 2.19. The van der Waals surface area contributed by atoms with Crippen LogP contribution in [0.1, 0.15) is 29.5 Å². The van der Waals surface area contributed by atoms with E-state index in [1.165, 1.54) is 0 Å². The Morgan fingerprint density at radius 2 is 1.93 bits per heavy atom. The second kappa shape index (κ2) is 9.00. The van der Waals surface area contributed by atoms with E-state index < -0.39 is 0 Å². The minimum Gasteiger partial charge on any atom is -0.323 e. The van der Waals surface area contributed by atoms with Gasteiger partial charge in [-0.3, -0.25) is 19.0 Å². The summed E-state index contributed by atoms with van der Waals surface area (Å²) < 4.78 is 4.47. The van der Waals surface area contributed by atoms with E-state index in [1.54, 1.807) is 33.9 Å². The van der Waals surface area contributed by atoms with Crippen LogP contribution >= 0.6 is 22.6 Å². The summed E-state index contributed by atoms with van der Waals surface area (Å²) >= 11 is 2.21. The van der Waals surface area contributed by atoms with Crippen LogP contribution in [0.4, 0.5) is 11.4 Å². The number of carbonyl (C=O) groups is 2. The highest BCUT2D eigenvalue weighted by atomic mass is 127. The van der Waals surface area contributed by atoms with Gasteiger partial charge >= 0.3 is 0 Å². The number of amides is 2. The molecule has 0 aliphatic rings. The molecule has 0 saturated heterocycles. The van der Waals surface area contributed by atoms with Crippen molar-refractivity contribution in [2.75, 3.05) is 10.6 Å². The fourth-order valence-electron chi connectivity index (χ4n) is 2.62. The van der Waals surface area contributed by atoms with Crippen LogP contribution in [-0.4, -0.2) is 31.4 Å². The van der Waals surface area contributed by atoms with Crippen molar-refractivity contribution >= 4 is 45.8 Å². The van der Waals surface area contributed by atoms with E-state index in [-0.39, 0.29) is 23.9 Å². The van der Waals surface area contributed by atoms with Gasteiger partial charge in [0.15, 0.2) is 5.69 Å². The van der Waals surface area contributed by atoms with E-state index in [2.05, 4.69) is 43.4 Å². The van der Waals surface area contributed by atoms with Crippen molar-refractivity contribution < 1.29 is 9.59 Å². The van der Waals surface area contributed by atoms with Crippen molar-refractivity contribution in [3.05, 3.63) is 57.7 Å². The first-order valence-electron chi connectivity index (χ1n) is 8.89. The summed E-state index contributed by atoms with van der Waals surface area (Å²) in [5, 5.41) is 14.1. The third-order valence-electron chi connectivity index (χ3n) is 4.20. The first kappa shape index (κ1) is 20.1. The van der Waals surface area contributed by atoms with Gasteiger partial charge in [-0.25, -0.2) is 0 Å². The second-order valence-electron chi connectivity index (χ2n) is 6.17. The Bertz CT molecular complexity index is 980. The van der Waals surface area contributed by atoms with Gasteiger partial charge in [0.25, 0.3) is 5.91 Å². The highest BCUT2D eigenvalue weighted by Crippen LogP contribution is 2.17. The Morgan fingerprint density at radius 1 is 1.18 bits per heavy atom. The molecule has 3 aromatic rings. The standard InChI is InChI=1S/C19H21IN6O2/c1-3-25-12-16(18(24-25)19(28)22-14-7-5-4-6-8-14)23-17(27)9-10-26-13(2)15(20)11-21-26/h4-8,11-12H,3,9-10H2,1-2H3,(H,22,28)(H,23,27). The van der Waals surface area contributed by atoms with Crippen LogP contribution < -0.4 is 10.6 Å². The molecular weight excluding hydrogens is 471 g/mol. The smallest absolute Gasteiger partial charge is 0.278 e. The summed E-state index contributed by atoms with van der Waals surface area (Å²) in [5.74, 6) is -0.569. The Morgan fingerprint density at radius 3 is 2.57 bits per heavy atom. The van der Waals surface area contributed by atoms with Crippen molar-refractivity contribution in [2.24, 2.45) is 0 Å². The lowest BCUT2D eigenvalue weighted by atomic mass is 10.3. The van der Waals surface area contributed by atoms with E-state index in [9.17, 15) is 9.59 Å². The summed E-state index contributed by atoms with van der Waals surface area (Å²) in [6.07, 6.45) is 3.68. The number of hydrogen-bond donors (Lipinski definition) is 2. The van der Waals surface area contributed by atoms with Crippen LogP contribution in [0.3, 0.4) is 0 Å². The molecule has 1 aromatic carbocycles. The lowest BCUT2D eigenvalue weighted by Crippen LogP contribution is -2.19. The maximum absolute atomic E-state index is 12.6. The molecule has 0 bridgehead atoms. The number of aromatic nitrogens is 4. The molecule has 2 heterocycles. The molecule has 0 fully saturated rings. The molecule has 2 amide bonds. The van der Waals surface area contributed by atoms with Crippen LogP contribution in [-0.2, 0) is 17.9 Å². The van der Waals surface area contributed by atoms with Crippen LogP contribution in [0, 0.1) is 10.5 Å². The summed E-state index contributed by atoms with van der Waals surface area (Å²) in [6, 6.07) is 9.12. The van der Waals surface area contributed by atoms with Gasteiger partial charge in [0, 0.05) is 30.5 Å². The molecule has 0 aliphatic heterocycles. The van der Waals surface area contributed by atoms with E-state index in [0.717, 1.165) is 9.26 Å². The van der Waals surface area contributed by atoms with Crippen molar-refractivity contribution in [2.45, 2.75) is 33.4 Å². The molecule has 0 atom stereocenters. The van der Waals surface area contributed by atoms with E-state index in [4.69, 9.17) is 0 Å². The minimum atomic E-state index is -0.369. The average molecular weight is 492 g/mol. The van der Waals surface area contributed by atoms with Crippen LogP contribution in [0.5, 0.6) is 0 Å². The SMILES string of the molecule is CCn1cc(NC(=O)CCn2ncc(I)c2C)c(C(=O)Nc2ccccc2)n1. The largest absolute Gasteiger partial charge is 0.323 e. The molecule has 146 valence electrons. The maximum Gasteiger partial charge on any atom is 0.278 e. The van der Waals surface area contributed by atoms with Crippen LogP contribution in [0.15, 0.2) is 42.7 Å². The molecule has 0 saturated carbocycles. The lowest BCUT2D eigenvalue weighted by Gasteiger charge is -2.07.